The van der Waals surface area contributed by atoms with Crippen molar-refractivity contribution in [1.82, 2.24) is 9.97 Å². The molecular weight excluding hydrogens is 364 g/mol. The van der Waals surface area contributed by atoms with E-state index in [1.165, 1.54) is 0 Å². The standard InChI is InChI=1S/C20H19ClN4O2/c1-13-23-17(20(26)25-16-9-5-6-10-18(16)27-2)11-19(24-13)22-12-14-7-3-4-8-15(14)21/h3-11H,12H2,1-2H3,(H,25,26)(H,22,23,24). The van der Waals surface area contributed by atoms with E-state index in [1.54, 1.807) is 32.2 Å². The number of hydrogen-bond donors (Lipinski definition) is 2. The number of benzene rings is 2. The van der Waals surface area contributed by atoms with Gasteiger partial charge in [0.15, 0.2) is 0 Å². The first kappa shape index (κ1) is 18.7. The van der Waals surface area contributed by atoms with Crippen LogP contribution in [0.3, 0.4) is 0 Å². The Morgan fingerprint density at radius 2 is 1.85 bits per heavy atom. The lowest BCUT2D eigenvalue weighted by Gasteiger charge is -2.11. The number of carbonyl (C=O) groups excluding carboxylic acids is 1. The lowest BCUT2D eigenvalue weighted by molar-refractivity contribution is 0.102. The minimum atomic E-state index is -0.342. The van der Waals surface area contributed by atoms with E-state index < -0.39 is 0 Å². The van der Waals surface area contributed by atoms with Gasteiger partial charge in [0.25, 0.3) is 5.91 Å². The second-order valence-electron chi connectivity index (χ2n) is 5.79. The van der Waals surface area contributed by atoms with Gasteiger partial charge in [0, 0.05) is 17.6 Å². The Morgan fingerprint density at radius 3 is 2.63 bits per heavy atom. The Kier molecular flexibility index (Phi) is 5.88. The summed E-state index contributed by atoms with van der Waals surface area (Å²) in [4.78, 5) is 21.2. The zero-order valence-corrected chi connectivity index (χ0v) is 15.7. The molecule has 1 heterocycles. The van der Waals surface area contributed by atoms with Gasteiger partial charge in [-0.2, -0.15) is 0 Å². The molecule has 0 bridgehead atoms. The summed E-state index contributed by atoms with van der Waals surface area (Å²) in [5, 5.41) is 6.67. The van der Waals surface area contributed by atoms with E-state index in [-0.39, 0.29) is 11.6 Å². The van der Waals surface area contributed by atoms with Gasteiger partial charge in [-0.1, -0.05) is 41.9 Å². The summed E-state index contributed by atoms with van der Waals surface area (Å²) in [5.41, 5.74) is 1.78. The Morgan fingerprint density at radius 1 is 1.11 bits per heavy atom. The van der Waals surface area contributed by atoms with Crippen LogP contribution in [0, 0.1) is 6.92 Å². The number of anilines is 2. The number of halogens is 1. The molecule has 3 rings (SSSR count). The molecule has 0 radical (unpaired) electrons. The lowest BCUT2D eigenvalue weighted by Crippen LogP contribution is -2.16. The number of aryl methyl sites for hydroxylation is 1. The summed E-state index contributed by atoms with van der Waals surface area (Å²) in [6.45, 7) is 2.23. The van der Waals surface area contributed by atoms with Crippen molar-refractivity contribution in [3.05, 3.63) is 76.7 Å². The van der Waals surface area contributed by atoms with Gasteiger partial charge in [-0.15, -0.1) is 0 Å². The fourth-order valence-corrected chi connectivity index (χ4v) is 2.74. The fourth-order valence-electron chi connectivity index (χ4n) is 2.54. The van der Waals surface area contributed by atoms with Crippen LogP contribution < -0.4 is 15.4 Å². The van der Waals surface area contributed by atoms with Gasteiger partial charge in [-0.25, -0.2) is 9.97 Å². The van der Waals surface area contributed by atoms with Crippen LogP contribution in [0.25, 0.3) is 0 Å². The molecule has 1 amide bonds. The minimum Gasteiger partial charge on any atom is -0.495 e. The van der Waals surface area contributed by atoms with Gasteiger partial charge in [-0.05, 0) is 30.7 Å². The smallest absolute Gasteiger partial charge is 0.274 e. The molecule has 7 heteroatoms. The molecule has 0 unspecified atom stereocenters. The Bertz CT molecular complexity index is 962. The molecule has 0 saturated heterocycles. The highest BCUT2D eigenvalue weighted by Crippen LogP contribution is 2.24. The number of aromatic nitrogens is 2. The lowest BCUT2D eigenvalue weighted by atomic mass is 10.2. The molecule has 3 aromatic rings. The minimum absolute atomic E-state index is 0.259. The SMILES string of the molecule is COc1ccccc1NC(=O)c1cc(NCc2ccccc2Cl)nc(C)n1. The third-order valence-electron chi connectivity index (χ3n) is 3.84. The van der Waals surface area contributed by atoms with Gasteiger partial charge in [0.05, 0.1) is 12.8 Å². The molecule has 2 N–H and O–H groups in total. The molecule has 27 heavy (non-hydrogen) atoms. The van der Waals surface area contributed by atoms with Crippen molar-refractivity contribution in [1.29, 1.82) is 0 Å². The summed E-state index contributed by atoms with van der Waals surface area (Å²) >= 11 is 6.17. The highest BCUT2D eigenvalue weighted by atomic mass is 35.5. The van der Waals surface area contributed by atoms with Gasteiger partial charge < -0.3 is 15.4 Å². The second-order valence-corrected chi connectivity index (χ2v) is 6.19. The summed E-state index contributed by atoms with van der Waals surface area (Å²) in [6, 6.07) is 16.4. The number of rotatable bonds is 6. The number of para-hydroxylation sites is 2. The van der Waals surface area contributed by atoms with Crippen molar-refractivity contribution in [2.24, 2.45) is 0 Å². The number of nitrogens with zero attached hydrogens (tertiary/aromatic N) is 2. The predicted octanol–water partition coefficient (Wildman–Crippen LogP) is 4.31. The molecule has 0 fully saturated rings. The highest BCUT2D eigenvalue weighted by Gasteiger charge is 2.13. The average molecular weight is 383 g/mol. The number of hydrogen-bond acceptors (Lipinski definition) is 5. The molecule has 6 nitrogen and oxygen atoms in total. The number of methoxy groups -OCH3 is 1. The molecule has 138 valence electrons. The summed E-state index contributed by atoms with van der Waals surface area (Å²) in [6.07, 6.45) is 0. The molecule has 1 aromatic heterocycles. The quantitative estimate of drug-likeness (QED) is 0.664. The maximum atomic E-state index is 12.6. The average Bonchev–Trinajstić information content (AvgIpc) is 2.67. The Balaban J connectivity index is 1.76. The number of nitrogens with one attached hydrogen (secondary N) is 2. The van der Waals surface area contributed by atoms with Crippen LogP contribution in [0.5, 0.6) is 5.75 Å². The zero-order chi connectivity index (χ0) is 19.2. The number of ether oxygens (including phenoxy) is 1. The Hall–Kier alpha value is -3.12. The first-order valence-corrected chi connectivity index (χ1v) is 8.72. The van der Waals surface area contributed by atoms with E-state index in [9.17, 15) is 4.79 Å². The van der Waals surface area contributed by atoms with E-state index >= 15 is 0 Å². The molecule has 0 aliphatic carbocycles. The maximum absolute atomic E-state index is 12.6. The molecule has 0 aliphatic heterocycles. The van der Waals surface area contributed by atoms with Crippen molar-refractivity contribution >= 4 is 29.0 Å². The van der Waals surface area contributed by atoms with Crippen LogP contribution in [-0.2, 0) is 6.54 Å². The highest BCUT2D eigenvalue weighted by molar-refractivity contribution is 6.31. The first-order chi connectivity index (χ1) is 13.1. The molecular formula is C20H19ClN4O2. The third kappa shape index (κ3) is 4.74. The van der Waals surface area contributed by atoms with Crippen molar-refractivity contribution < 1.29 is 9.53 Å². The van der Waals surface area contributed by atoms with Crippen LogP contribution in [0.4, 0.5) is 11.5 Å². The van der Waals surface area contributed by atoms with E-state index in [1.807, 2.05) is 36.4 Å². The van der Waals surface area contributed by atoms with E-state index in [4.69, 9.17) is 16.3 Å². The van der Waals surface area contributed by atoms with Gasteiger partial charge in [0.2, 0.25) is 0 Å². The van der Waals surface area contributed by atoms with Gasteiger partial charge in [-0.3, -0.25) is 4.79 Å². The van der Waals surface area contributed by atoms with Crippen LogP contribution >= 0.6 is 11.6 Å². The molecule has 0 saturated carbocycles. The monoisotopic (exact) mass is 382 g/mol. The van der Waals surface area contributed by atoms with Gasteiger partial charge >= 0.3 is 0 Å². The van der Waals surface area contributed by atoms with Crippen molar-refractivity contribution in [2.75, 3.05) is 17.7 Å². The van der Waals surface area contributed by atoms with Gasteiger partial charge in [0.1, 0.15) is 23.1 Å². The van der Waals surface area contributed by atoms with Crippen LogP contribution in [0.2, 0.25) is 5.02 Å². The normalized spacial score (nSPS) is 10.3. The maximum Gasteiger partial charge on any atom is 0.274 e. The molecule has 2 aromatic carbocycles. The topological polar surface area (TPSA) is 76.1 Å². The fraction of sp³-hybridized carbons (Fsp3) is 0.150. The number of amides is 1. The molecule has 0 aliphatic rings. The van der Waals surface area contributed by atoms with Crippen molar-refractivity contribution in [3.8, 4) is 5.75 Å². The summed E-state index contributed by atoms with van der Waals surface area (Å²) in [5.74, 6) is 1.27. The second kappa shape index (κ2) is 8.51. The largest absolute Gasteiger partial charge is 0.495 e. The van der Waals surface area contributed by atoms with Crippen LogP contribution in [-0.4, -0.2) is 23.0 Å². The van der Waals surface area contributed by atoms with Crippen LogP contribution in [0.15, 0.2) is 54.6 Å². The Labute approximate surface area is 162 Å². The molecule has 0 spiro atoms. The zero-order valence-electron chi connectivity index (χ0n) is 15.0. The van der Waals surface area contributed by atoms with E-state index in [0.29, 0.717) is 34.6 Å². The first-order valence-electron chi connectivity index (χ1n) is 8.34. The number of carbonyl (C=O) groups is 1. The summed E-state index contributed by atoms with van der Waals surface area (Å²) < 4.78 is 5.26. The predicted molar refractivity (Wildman–Crippen MR) is 106 cm³/mol. The van der Waals surface area contributed by atoms with E-state index in [0.717, 1.165) is 5.56 Å². The van der Waals surface area contributed by atoms with Crippen LogP contribution in [0.1, 0.15) is 21.9 Å². The van der Waals surface area contributed by atoms with Crippen molar-refractivity contribution in [2.45, 2.75) is 13.5 Å². The van der Waals surface area contributed by atoms with E-state index in [2.05, 4.69) is 20.6 Å². The molecule has 0 atom stereocenters. The third-order valence-corrected chi connectivity index (χ3v) is 4.21. The summed E-state index contributed by atoms with van der Waals surface area (Å²) in [7, 11) is 1.55. The van der Waals surface area contributed by atoms with Crippen molar-refractivity contribution in [3.63, 3.8) is 0 Å².